The molecule has 1 heterocycles. The molecule has 0 bridgehead atoms. The Hall–Kier alpha value is -0.640. The van der Waals surface area contributed by atoms with Crippen molar-refractivity contribution >= 4 is 27.3 Å². The maximum Gasteiger partial charge on any atom is 0.0674 e. The molecule has 3 heteroatoms. The largest absolute Gasteiger partial charge is 0.306 e. The van der Waals surface area contributed by atoms with Crippen LogP contribution < -0.4 is 5.32 Å². The van der Waals surface area contributed by atoms with Crippen molar-refractivity contribution in [1.82, 2.24) is 5.32 Å². The van der Waals surface area contributed by atoms with Gasteiger partial charge in [-0.3, -0.25) is 0 Å². The number of nitrogens with one attached hydrogen (secondary N) is 1. The highest BCUT2D eigenvalue weighted by atomic mass is 79.9. The van der Waals surface area contributed by atoms with Gasteiger partial charge in [0.1, 0.15) is 0 Å². The second kappa shape index (κ2) is 6.88. The molecule has 0 aliphatic rings. The Morgan fingerprint density at radius 2 is 1.95 bits per heavy atom. The fourth-order valence-corrected chi connectivity index (χ4v) is 4.08. The summed E-state index contributed by atoms with van der Waals surface area (Å²) in [5.74, 6) is 0. The van der Waals surface area contributed by atoms with Gasteiger partial charge in [-0.05, 0) is 66.9 Å². The van der Waals surface area contributed by atoms with Gasteiger partial charge in [0.25, 0.3) is 0 Å². The molecule has 0 amide bonds. The summed E-state index contributed by atoms with van der Waals surface area (Å²) in [6, 6.07) is 9.29. The summed E-state index contributed by atoms with van der Waals surface area (Å²) in [4.78, 5) is 2.72. The van der Waals surface area contributed by atoms with Gasteiger partial charge in [-0.15, -0.1) is 11.3 Å². The van der Waals surface area contributed by atoms with Crippen LogP contribution in [0.2, 0.25) is 0 Å². The number of hydrogen-bond acceptors (Lipinski definition) is 2. The van der Waals surface area contributed by atoms with E-state index in [4.69, 9.17) is 0 Å². The van der Waals surface area contributed by atoms with Crippen molar-refractivity contribution in [2.75, 3.05) is 6.54 Å². The first kappa shape index (κ1) is 15.7. The van der Waals surface area contributed by atoms with Gasteiger partial charge in [0.15, 0.2) is 0 Å². The van der Waals surface area contributed by atoms with Crippen LogP contribution in [0, 0.1) is 20.8 Å². The number of rotatable bonds is 5. The standard InChI is InChI=1S/C17H22BrNS/c1-5-8-19-17(16-10-15(18)13(4)20-16)14-7-6-11(2)9-12(14)3/h6-7,9-10,17,19H,5,8H2,1-4H3. The molecule has 0 aliphatic carbocycles. The van der Waals surface area contributed by atoms with Gasteiger partial charge < -0.3 is 5.32 Å². The first-order chi connectivity index (χ1) is 9.52. The third-order valence-electron chi connectivity index (χ3n) is 3.50. The minimum Gasteiger partial charge on any atom is -0.306 e. The Kier molecular flexibility index (Phi) is 5.42. The summed E-state index contributed by atoms with van der Waals surface area (Å²) in [6.07, 6.45) is 1.15. The molecule has 108 valence electrons. The zero-order chi connectivity index (χ0) is 14.7. The first-order valence-corrected chi connectivity index (χ1v) is 8.70. The van der Waals surface area contributed by atoms with Crippen molar-refractivity contribution in [2.45, 2.75) is 40.2 Å². The highest BCUT2D eigenvalue weighted by molar-refractivity contribution is 9.10. The zero-order valence-electron chi connectivity index (χ0n) is 12.6. The highest BCUT2D eigenvalue weighted by Crippen LogP contribution is 2.35. The van der Waals surface area contributed by atoms with Crippen LogP contribution in [0.25, 0.3) is 0 Å². The minimum atomic E-state index is 0.297. The van der Waals surface area contributed by atoms with Crippen molar-refractivity contribution in [3.05, 3.63) is 55.2 Å². The summed E-state index contributed by atoms with van der Waals surface area (Å²) < 4.78 is 1.21. The van der Waals surface area contributed by atoms with E-state index < -0.39 is 0 Å². The van der Waals surface area contributed by atoms with E-state index in [1.165, 1.54) is 30.9 Å². The molecule has 1 atom stereocenters. The fourth-order valence-electron chi connectivity index (χ4n) is 2.43. The molecule has 1 N–H and O–H groups in total. The molecule has 1 unspecified atom stereocenters. The second-order valence-electron chi connectivity index (χ2n) is 5.30. The number of benzene rings is 1. The topological polar surface area (TPSA) is 12.0 Å². The number of hydrogen-bond donors (Lipinski definition) is 1. The lowest BCUT2D eigenvalue weighted by Gasteiger charge is -2.20. The Bertz CT molecular complexity index is 569. The minimum absolute atomic E-state index is 0.297. The van der Waals surface area contributed by atoms with Crippen molar-refractivity contribution in [3.63, 3.8) is 0 Å². The quantitative estimate of drug-likeness (QED) is 0.747. The van der Waals surface area contributed by atoms with Gasteiger partial charge in [0.2, 0.25) is 0 Å². The molecule has 1 aromatic carbocycles. The molecule has 2 rings (SSSR count). The Labute approximate surface area is 134 Å². The molecule has 0 spiro atoms. The molecular formula is C17H22BrNS. The molecule has 0 radical (unpaired) electrons. The lowest BCUT2D eigenvalue weighted by molar-refractivity contribution is 0.603. The lowest BCUT2D eigenvalue weighted by atomic mass is 9.98. The van der Waals surface area contributed by atoms with E-state index in [0.717, 1.165) is 13.0 Å². The van der Waals surface area contributed by atoms with Gasteiger partial charge in [0.05, 0.1) is 6.04 Å². The third-order valence-corrected chi connectivity index (χ3v) is 5.70. The monoisotopic (exact) mass is 351 g/mol. The average Bonchev–Trinajstić information content (AvgIpc) is 2.72. The van der Waals surface area contributed by atoms with Crippen LogP contribution in [-0.4, -0.2) is 6.54 Å². The van der Waals surface area contributed by atoms with Gasteiger partial charge in [-0.25, -0.2) is 0 Å². The van der Waals surface area contributed by atoms with Crippen LogP contribution >= 0.6 is 27.3 Å². The summed E-state index contributed by atoms with van der Waals surface area (Å²) in [5, 5.41) is 3.69. The molecule has 2 aromatic rings. The van der Waals surface area contributed by atoms with Gasteiger partial charge in [-0.1, -0.05) is 30.7 Å². The SMILES string of the molecule is CCCNC(c1cc(Br)c(C)s1)c1ccc(C)cc1C. The van der Waals surface area contributed by atoms with Crippen LogP contribution in [-0.2, 0) is 0 Å². The van der Waals surface area contributed by atoms with Gasteiger partial charge in [0, 0.05) is 14.2 Å². The Morgan fingerprint density at radius 3 is 2.50 bits per heavy atom. The third kappa shape index (κ3) is 3.51. The van der Waals surface area contributed by atoms with E-state index in [1.807, 2.05) is 11.3 Å². The molecule has 1 nitrogen and oxygen atoms in total. The van der Waals surface area contributed by atoms with E-state index in [-0.39, 0.29) is 0 Å². The molecule has 0 saturated heterocycles. The Balaban J connectivity index is 2.41. The van der Waals surface area contributed by atoms with Crippen molar-refractivity contribution in [1.29, 1.82) is 0 Å². The number of aryl methyl sites for hydroxylation is 3. The summed E-state index contributed by atoms with van der Waals surface area (Å²) >= 11 is 5.51. The van der Waals surface area contributed by atoms with Crippen LogP contribution in [0.5, 0.6) is 0 Å². The van der Waals surface area contributed by atoms with E-state index in [1.54, 1.807) is 0 Å². The molecule has 20 heavy (non-hydrogen) atoms. The van der Waals surface area contributed by atoms with Crippen molar-refractivity contribution < 1.29 is 0 Å². The fraction of sp³-hybridized carbons (Fsp3) is 0.412. The second-order valence-corrected chi connectivity index (χ2v) is 7.44. The van der Waals surface area contributed by atoms with Crippen LogP contribution in [0.4, 0.5) is 0 Å². The van der Waals surface area contributed by atoms with E-state index in [9.17, 15) is 0 Å². The molecule has 0 saturated carbocycles. The van der Waals surface area contributed by atoms with E-state index in [2.05, 4.69) is 73.2 Å². The lowest BCUT2D eigenvalue weighted by Crippen LogP contribution is -2.23. The maximum atomic E-state index is 3.69. The highest BCUT2D eigenvalue weighted by Gasteiger charge is 2.18. The zero-order valence-corrected chi connectivity index (χ0v) is 15.0. The average molecular weight is 352 g/mol. The van der Waals surface area contributed by atoms with Crippen molar-refractivity contribution in [3.8, 4) is 0 Å². The summed E-state index contributed by atoms with van der Waals surface area (Å²) in [6.45, 7) is 9.76. The predicted molar refractivity (Wildman–Crippen MR) is 92.8 cm³/mol. The normalized spacial score (nSPS) is 12.7. The smallest absolute Gasteiger partial charge is 0.0674 e. The van der Waals surface area contributed by atoms with Crippen LogP contribution in [0.15, 0.2) is 28.7 Å². The molecule has 1 aromatic heterocycles. The number of thiophene rings is 1. The maximum absolute atomic E-state index is 3.69. The first-order valence-electron chi connectivity index (χ1n) is 7.09. The molecule has 0 fully saturated rings. The summed E-state index contributed by atoms with van der Waals surface area (Å²) in [7, 11) is 0. The van der Waals surface area contributed by atoms with E-state index >= 15 is 0 Å². The van der Waals surface area contributed by atoms with Crippen LogP contribution in [0.1, 0.15) is 45.8 Å². The van der Waals surface area contributed by atoms with Gasteiger partial charge in [-0.2, -0.15) is 0 Å². The van der Waals surface area contributed by atoms with E-state index in [0.29, 0.717) is 6.04 Å². The summed E-state index contributed by atoms with van der Waals surface area (Å²) in [5.41, 5.74) is 4.07. The molecule has 0 aliphatic heterocycles. The van der Waals surface area contributed by atoms with Crippen molar-refractivity contribution in [2.24, 2.45) is 0 Å². The Morgan fingerprint density at radius 1 is 1.20 bits per heavy atom. The van der Waals surface area contributed by atoms with Gasteiger partial charge >= 0.3 is 0 Å². The molecular weight excluding hydrogens is 330 g/mol. The number of halogens is 1. The predicted octanol–water partition coefficient (Wildman–Crippen LogP) is 5.52. The van der Waals surface area contributed by atoms with Crippen LogP contribution in [0.3, 0.4) is 0 Å².